The Morgan fingerprint density at radius 1 is 1.73 bits per heavy atom. The van der Waals surface area contributed by atoms with Crippen LogP contribution in [0.25, 0.3) is 0 Å². The van der Waals surface area contributed by atoms with Crippen molar-refractivity contribution in [2.75, 3.05) is 9.51 Å². The third-order valence-corrected chi connectivity index (χ3v) is 3.81. The molecule has 5 heteroatoms. The first-order valence-electron chi connectivity index (χ1n) is 2.95. The highest BCUT2D eigenvalue weighted by molar-refractivity contribution is 14.1. The van der Waals surface area contributed by atoms with Gasteiger partial charge in [-0.1, -0.05) is 22.6 Å². The molecule has 0 aliphatic rings. The van der Waals surface area contributed by atoms with Gasteiger partial charge in [-0.25, -0.2) is 0 Å². The molecule has 0 rings (SSSR count). The molecule has 0 aliphatic heterocycles. The van der Waals surface area contributed by atoms with Crippen LogP contribution in [-0.2, 0) is 4.79 Å². The summed E-state index contributed by atoms with van der Waals surface area (Å²) in [6.07, 6.45) is 0.686. The molecule has 0 radical (unpaired) electrons. The maximum absolute atomic E-state index is 10.7. The largest absolute Gasteiger partial charge is 0.286 e. The van der Waals surface area contributed by atoms with Crippen LogP contribution in [0.1, 0.15) is 6.42 Å². The molecule has 0 aromatic heterocycles. The number of thioether (sulfide) groups is 1. The number of hydrogen-bond donors (Lipinski definition) is 0. The van der Waals surface area contributed by atoms with E-state index in [0.717, 1.165) is 9.51 Å². The molecule has 0 heterocycles. The number of halogens is 2. The van der Waals surface area contributed by atoms with E-state index in [1.165, 1.54) is 0 Å². The molecule has 0 bridgehead atoms. The lowest BCUT2D eigenvalue weighted by Crippen LogP contribution is -2.06. The van der Waals surface area contributed by atoms with Gasteiger partial charge in [0.2, 0.25) is 3.79 Å². The average Bonchev–Trinajstić information content (AvgIpc) is 1.97. The van der Waals surface area contributed by atoms with Crippen molar-refractivity contribution in [1.82, 2.24) is 0 Å². The van der Waals surface area contributed by atoms with Gasteiger partial charge in [0.15, 0.2) is 0 Å². The van der Waals surface area contributed by atoms with Gasteiger partial charge in [0.1, 0.15) is 5.92 Å². The zero-order valence-electron chi connectivity index (χ0n) is 5.72. The molecular weight excluding hydrogens is 388 g/mol. The summed E-state index contributed by atoms with van der Waals surface area (Å²) in [6.45, 7) is 0. The molecule has 11 heavy (non-hydrogen) atoms. The number of hydrogen-bond acceptors (Lipinski definition) is 3. The fraction of sp³-hybridized carbons (Fsp3) is 0.667. The van der Waals surface area contributed by atoms with Crippen LogP contribution in [0, 0.1) is 17.2 Å². The second-order valence-corrected chi connectivity index (χ2v) is 5.76. The number of rotatable bonds is 5. The summed E-state index contributed by atoms with van der Waals surface area (Å²) in [6, 6.07) is 1.99. The van der Waals surface area contributed by atoms with Crippen molar-refractivity contribution >= 4 is 60.7 Å². The fourth-order valence-corrected chi connectivity index (χ4v) is 2.38. The molecule has 0 aromatic carbocycles. The van der Waals surface area contributed by atoms with E-state index < -0.39 is 5.92 Å². The number of carbonyl (C=O) groups is 1. The minimum atomic E-state index is -0.397. The minimum Gasteiger partial charge on any atom is -0.286 e. The van der Waals surface area contributed by atoms with E-state index in [1.807, 2.05) is 6.07 Å². The Hall–Kier alpha value is 0.970. The topological polar surface area (TPSA) is 40.9 Å². The number of carbonyl (C=O) groups excluding carboxylic acids is 1. The number of nitrogens with zero attached hydrogens (tertiary/aromatic N) is 1. The molecule has 0 amide bonds. The highest BCUT2D eigenvalue weighted by Crippen LogP contribution is 2.14. The van der Waals surface area contributed by atoms with Gasteiger partial charge in [-0.3, -0.25) is 4.79 Å². The molecule has 62 valence electrons. The molecule has 1 atom stereocenters. The van der Waals surface area contributed by atoms with E-state index in [0.29, 0.717) is 6.42 Å². The predicted molar refractivity (Wildman–Crippen MR) is 64.1 cm³/mol. The first-order chi connectivity index (χ1) is 5.22. The van der Waals surface area contributed by atoms with Crippen molar-refractivity contribution < 1.29 is 4.79 Å². The Morgan fingerprint density at radius 3 is 2.73 bits per heavy atom. The lowest BCUT2D eigenvalue weighted by atomic mass is 10.1. The van der Waals surface area contributed by atoms with E-state index in [2.05, 4.69) is 22.6 Å². The molecule has 0 aliphatic carbocycles. The third kappa shape index (κ3) is 6.16. The summed E-state index contributed by atoms with van der Waals surface area (Å²) in [5, 5.41) is 8.51. The SMILES string of the molecule is N#CC(CCSCI)C(=O)I. The van der Waals surface area contributed by atoms with Crippen molar-refractivity contribution in [3.05, 3.63) is 0 Å². The smallest absolute Gasteiger partial charge is 0.209 e. The average molecular weight is 395 g/mol. The molecule has 0 fully saturated rings. The summed E-state index contributed by atoms with van der Waals surface area (Å²) in [7, 11) is 0. The van der Waals surface area contributed by atoms with Crippen LogP contribution in [0.2, 0.25) is 0 Å². The highest BCUT2D eigenvalue weighted by Gasteiger charge is 2.13. The quantitative estimate of drug-likeness (QED) is 0.311. The van der Waals surface area contributed by atoms with Gasteiger partial charge in [0.25, 0.3) is 0 Å². The van der Waals surface area contributed by atoms with Crippen LogP contribution in [0.3, 0.4) is 0 Å². The molecule has 1 unspecified atom stereocenters. The lowest BCUT2D eigenvalue weighted by Gasteiger charge is -2.00. The Bertz CT molecular complexity index is 168. The van der Waals surface area contributed by atoms with E-state index >= 15 is 0 Å². The van der Waals surface area contributed by atoms with Gasteiger partial charge in [-0.15, -0.1) is 0 Å². The van der Waals surface area contributed by atoms with Gasteiger partial charge >= 0.3 is 0 Å². The third-order valence-electron chi connectivity index (χ3n) is 1.06. The minimum absolute atomic E-state index is 0.0424. The van der Waals surface area contributed by atoms with Gasteiger partial charge in [-0.2, -0.15) is 17.0 Å². The summed E-state index contributed by atoms with van der Waals surface area (Å²) in [5.74, 6) is 0.502. The van der Waals surface area contributed by atoms with Gasteiger partial charge < -0.3 is 0 Å². The Morgan fingerprint density at radius 2 is 2.36 bits per heavy atom. The lowest BCUT2D eigenvalue weighted by molar-refractivity contribution is -0.111. The maximum atomic E-state index is 10.7. The van der Waals surface area contributed by atoms with Gasteiger partial charge in [-0.05, 0) is 12.2 Å². The molecule has 0 saturated heterocycles. The standard InChI is InChI=1S/C6H7I2NOS/c7-4-11-2-1-5(3-9)6(8)10/h5H,1-2,4H2. The van der Waals surface area contributed by atoms with Crippen LogP contribution in [0.15, 0.2) is 0 Å². The normalized spacial score (nSPS) is 12.1. The first-order valence-corrected chi connectivity index (χ1v) is 6.71. The second-order valence-electron chi connectivity index (χ2n) is 1.79. The van der Waals surface area contributed by atoms with Crippen LogP contribution in [-0.4, -0.2) is 13.3 Å². The van der Waals surface area contributed by atoms with E-state index in [4.69, 9.17) is 5.26 Å². The van der Waals surface area contributed by atoms with Crippen molar-refractivity contribution in [1.29, 1.82) is 5.26 Å². The highest BCUT2D eigenvalue weighted by atomic mass is 127. The van der Waals surface area contributed by atoms with Crippen LogP contribution in [0.5, 0.6) is 0 Å². The van der Waals surface area contributed by atoms with Gasteiger partial charge in [0.05, 0.1) is 6.07 Å². The zero-order valence-corrected chi connectivity index (χ0v) is 10.8. The van der Waals surface area contributed by atoms with Crippen LogP contribution < -0.4 is 0 Å². The summed E-state index contributed by atoms with van der Waals surface area (Å²) in [4.78, 5) is 10.7. The van der Waals surface area contributed by atoms with E-state index in [9.17, 15) is 4.79 Å². The summed E-state index contributed by atoms with van der Waals surface area (Å²) >= 11 is 5.69. The van der Waals surface area contributed by atoms with Crippen molar-refractivity contribution in [2.45, 2.75) is 6.42 Å². The van der Waals surface area contributed by atoms with Crippen molar-refractivity contribution in [2.24, 2.45) is 5.92 Å². The van der Waals surface area contributed by atoms with E-state index in [1.54, 1.807) is 34.4 Å². The molecule has 0 aromatic rings. The molecule has 0 saturated carbocycles. The Balaban J connectivity index is 3.55. The fourth-order valence-electron chi connectivity index (χ4n) is 0.485. The molecular formula is C6H7I2NOS. The molecule has 2 nitrogen and oxygen atoms in total. The van der Waals surface area contributed by atoms with Crippen molar-refractivity contribution in [3.8, 4) is 6.07 Å². The first kappa shape index (κ1) is 12.0. The summed E-state index contributed by atoms with van der Waals surface area (Å²) < 4.78 is 0.977. The second kappa shape index (κ2) is 7.61. The van der Waals surface area contributed by atoms with E-state index in [-0.39, 0.29) is 3.79 Å². The maximum Gasteiger partial charge on any atom is 0.209 e. The van der Waals surface area contributed by atoms with Gasteiger partial charge in [0, 0.05) is 26.4 Å². The van der Waals surface area contributed by atoms with Crippen molar-refractivity contribution in [3.63, 3.8) is 0 Å². The summed E-state index contributed by atoms with van der Waals surface area (Å²) in [5.41, 5.74) is 0. The number of alkyl halides is 1. The number of nitriles is 1. The molecule has 0 spiro atoms. The predicted octanol–water partition coefficient (Wildman–Crippen LogP) is 2.60. The zero-order chi connectivity index (χ0) is 8.69. The Labute approximate surface area is 97.8 Å². The van der Waals surface area contributed by atoms with Crippen LogP contribution in [0.4, 0.5) is 0 Å². The molecule has 0 N–H and O–H groups in total. The van der Waals surface area contributed by atoms with Crippen LogP contribution >= 0.6 is 56.9 Å². The Kier molecular flexibility index (Phi) is 8.28. The monoisotopic (exact) mass is 395 g/mol.